The van der Waals surface area contributed by atoms with Crippen LogP contribution in [0.15, 0.2) is 23.6 Å². The molecular weight excluding hydrogens is 265 g/mol. The Morgan fingerprint density at radius 1 is 1.47 bits per heavy atom. The molecule has 0 aliphatic heterocycles. The third-order valence-corrected chi connectivity index (χ3v) is 3.74. The second-order valence-corrected chi connectivity index (χ2v) is 5.18. The molecular formula is C14H16FNO2S. The van der Waals surface area contributed by atoms with Crippen LogP contribution >= 0.6 is 11.3 Å². The summed E-state index contributed by atoms with van der Waals surface area (Å²) in [7, 11) is 0. The molecule has 2 rings (SSSR count). The number of aryl methyl sites for hydroxylation is 1. The van der Waals surface area contributed by atoms with Gasteiger partial charge in [0.2, 0.25) is 0 Å². The summed E-state index contributed by atoms with van der Waals surface area (Å²) < 4.78 is 18.8. The van der Waals surface area contributed by atoms with Crippen molar-refractivity contribution in [2.24, 2.45) is 0 Å². The van der Waals surface area contributed by atoms with Gasteiger partial charge in [0.15, 0.2) is 0 Å². The van der Waals surface area contributed by atoms with E-state index in [1.807, 2.05) is 12.3 Å². The van der Waals surface area contributed by atoms with Crippen molar-refractivity contribution in [2.75, 3.05) is 0 Å². The van der Waals surface area contributed by atoms with Gasteiger partial charge in [-0.15, -0.1) is 11.3 Å². The molecule has 0 radical (unpaired) electrons. The Labute approximate surface area is 115 Å². The van der Waals surface area contributed by atoms with Gasteiger partial charge in [0.25, 0.3) is 0 Å². The van der Waals surface area contributed by atoms with Gasteiger partial charge >= 0.3 is 0 Å². The summed E-state index contributed by atoms with van der Waals surface area (Å²) in [6, 6.07) is 4.13. The van der Waals surface area contributed by atoms with Crippen LogP contribution in [0.4, 0.5) is 4.39 Å². The molecule has 0 spiro atoms. The monoisotopic (exact) mass is 281 g/mol. The Morgan fingerprint density at radius 2 is 2.26 bits per heavy atom. The standard InChI is InChI=1S/C14H16FNO2S/c1-3-14-16-11(8-19-14)7-18-13-6-10(15)4-5-12(13)9(2)17/h4-6,8-9,17H,3,7H2,1-2H3/t9-/m0/s1. The summed E-state index contributed by atoms with van der Waals surface area (Å²) in [5, 5.41) is 12.6. The van der Waals surface area contributed by atoms with Crippen molar-refractivity contribution in [3.8, 4) is 5.75 Å². The van der Waals surface area contributed by atoms with Gasteiger partial charge in [-0.1, -0.05) is 6.92 Å². The lowest BCUT2D eigenvalue weighted by Crippen LogP contribution is -2.02. The summed E-state index contributed by atoms with van der Waals surface area (Å²) in [5.41, 5.74) is 1.40. The summed E-state index contributed by atoms with van der Waals surface area (Å²) in [5.74, 6) is -0.0204. The van der Waals surface area contributed by atoms with Crippen LogP contribution in [0.5, 0.6) is 5.75 Å². The number of hydrogen-bond acceptors (Lipinski definition) is 4. The maximum atomic E-state index is 13.2. The normalized spacial score (nSPS) is 12.4. The Balaban J connectivity index is 2.12. The minimum absolute atomic E-state index is 0.277. The first-order chi connectivity index (χ1) is 9.10. The Bertz CT molecular complexity index is 554. The van der Waals surface area contributed by atoms with Gasteiger partial charge in [-0.2, -0.15) is 0 Å². The van der Waals surface area contributed by atoms with Crippen molar-refractivity contribution in [3.05, 3.63) is 45.7 Å². The molecule has 0 saturated heterocycles. The first-order valence-corrected chi connectivity index (χ1v) is 7.01. The van der Waals surface area contributed by atoms with Crippen LogP contribution in [0, 0.1) is 5.82 Å². The molecule has 3 nitrogen and oxygen atoms in total. The third kappa shape index (κ3) is 3.52. The van der Waals surface area contributed by atoms with Crippen LogP contribution in [0.25, 0.3) is 0 Å². The second kappa shape index (κ2) is 6.12. The number of benzene rings is 1. The molecule has 1 aromatic carbocycles. The molecule has 0 aliphatic carbocycles. The van der Waals surface area contributed by atoms with E-state index in [2.05, 4.69) is 4.98 Å². The van der Waals surface area contributed by atoms with Crippen LogP contribution in [-0.4, -0.2) is 10.1 Å². The molecule has 0 bridgehead atoms. The van der Waals surface area contributed by atoms with Crippen LogP contribution < -0.4 is 4.74 Å². The Hall–Kier alpha value is -1.46. The average molecular weight is 281 g/mol. The minimum Gasteiger partial charge on any atom is -0.487 e. The smallest absolute Gasteiger partial charge is 0.131 e. The van der Waals surface area contributed by atoms with Crippen molar-refractivity contribution in [1.82, 2.24) is 4.98 Å². The number of thiazole rings is 1. The maximum absolute atomic E-state index is 13.2. The highest BCUT2D eigenvalue weighted by Crippen LogP contribution is 2.27. The second-order valence-electron chi connectivity index (χ2n) is 4.23. The van der Waals surface area contributed by atoms with Gasteiger partial charge in [-0.05, 0) is 25.5 Å². The van der Waals surface area contributed by atoms with Crippen molar-refractivity contribution >= 4 is 11.3 Å². The van der Waals surface area contributed by atoms with Gasteiger partial charge in [0, 0.05) is 17.0 Å². The molecule has 2 aromatic rings. The van der Waals surface area contributed by atoms with E-state index in [4.69, 9.17) is 4.74 Å². The summed E-state index contributed by atoms with van der Waals surface area (Å²) in [4.78, 5) is 4.38. The molecule has 5 heteroatoms. The topological polar surface area (TPSA) is 42.4 Å². The van der Waals surface area contributed by atoms with E-state index in [1.54, 1.807) is 18.3 Å². The molecule has 0 unspecified atom stereocenters. The number of ether oxygens (including phenoxy) is 1. The SMILES string of the molecule is CCc1nc(COc2cc(F)ccc2[C@H](C)O)cs1. The van der Waals surface area contributed by atoms with E-state index in [9.17, 15) is 9.50 Å². The van der Waals surface area contributed by atoms with E-state index in [-0.39, 0.29) is 12.4 Å². The highest BCUT2D eigenvalue weighted by atomic mass is 32.1. The fraction of sp³-hybridized carbons (Fsp3) is 0.357. The van der Waals surface area contributed by atoms with Gasteiger partial charge in [0.05, 0.1) is 16.8 Å². The number of hydrogen-bond donors (Lipinski definition) is 1. The molecule has 1 atom stereocenters. The van der Waals surface area contributed by atoms with E-state index in [1.165, 1.54) is 18.2 Å². The van der Waals surface area contributed by atoms with Crippen LogP contribution in [0.2, 0.25) is 0 Å². The fourth-order valence-corrected chi connectivity index (χ4v) is 2.44. The van der Waals surface area contributed by atoms with Gasteiger partial charge in [-0.3, -0.25) is 0 Å². The summed E-state index contributed by atoms with van der Waals surface area (Å²) in [6.45, 7) is 3.94. The largest absolute Gasteiger partial charge is 0.487 e. The molecule has 1 aromatic heterocycles. The molecule has 1 heterocycles. The fourth-order valence-electron chi connectivity index (χ4n) is 1.71. The van der Waals surface area contributed by atoms with Crippen LogP contribution in [0.1, 0.15) is 36.2 Å². The number of aromatic nitrogens is 1. The lowest BCUT2D eigenvalue weighted by Gasteiger charge is -2.12. The highest BCUT2D eigenvalue weighted by molar-refractivity contribution is 7.09. The first-order valence-electron chi connectivity index (χ1n) is 6.13. The maximum Gasteiger partial charge on any atom is 0.131 e. The zero-order valence-corrected chi connectivity index (χ0v) is 11.7. The predicted octanol–water partition coefficient (Wildman–Crippen LogP) is 3.48. The van der Waals surface area contributed by atoms with Gasteiger partial charge in [-0.25, -0.2) is 9.37 Å². The molecule has 0 saturated carbocycles. The van der Waals surface area contributed by atoms with Crippen molar-refractivity contribution in [2.45, 2.75) is 33.0 Å². The molecule has 102 valence electrons. The van der Waals surface area contributed by atoms with Crippen LogP contribution in [-0.2, 0) is 13.0 Å². The van der Waals surface area contributed by atoms with E-state index in [0.717, 1.165) is 17.1 Å². The summed E-state index contributed by atoms with van der Waals surface area (Å²) in [6.07, 6.45) is 0.195. The predicted molar refractivity (Wildman–Crippen MR) is 72.9 cm³/mol. The van der Waals surface area contributed by atoms with Crippen molar-refractivity contribution in [1.29, 1.82) is 0 Å². The zero-order chi connectivity index (χ0) is 13.8. The number of rotatable bonds is 5. The van der Waals surface area contributed by atoms with Gasteiger partial charge < -0.3 is 9.84 Å². The number of aliphatic hydroxyl groups is 1. The van der Waals surface area contributed by atoms with E-state index >= 15 is 0 Å². The molecule has 0 fully saturated rings. The summed E-state index contributed by atoms with van der Waals surface area (Å²) >= 11 is 1.58. The zero-order valence-electron chi connectivity index (χ0n) is 10.9. The third-order valence-electron chi connectivity index (χ3n) is 2.70. The minimum atomic E-state index is -0.697. The van der Waals surface area contributed by atoms with Crippen LogP contribution in [0.3, 0.4) is 0 Å². The average Bonchev–Trinajstić information content (AvgIpc) is 2.84. The van der Waals surface area contributed by atoms with Crippen molar-refractivity contribution in [3.63, 3.8) is 0 Å². The molecule has 0 aliphatic rings. The van der Waals surface area contributed by atoms with E-state index < -0.39 is 6.10 Å². The van der Waals surface area contributed by atoms with E-state index in [0.29, 0.717) is 11.3 Å². The van der Waals surface area contributed by atoms with Crippen molar-refractivity contribution < 1.29 is 14.2 Å². The molecule has 19 heavy (non-hydrogen) atoms. The number of aliphatic hydroxyl groups excluding tert-OH is 1. The lowest BCUT2D eigenvalue weighted by molar-refractivity contribution is 0.189. The Kier molecular flexibility index (Phi) is 4.50. The Morgan fingerprint density at radius 3 is 2.89 bits per heavy atom. The first kappa shape index (κ1) is 14.0. The number of halogens is 1. The lowest BCUT2D eigenvalue weighted by atomic mass is 10.1. The number of nitrogens with zero attached hydrogens (tertiary/aromatic N) is 1. The quantitative estimate of drug-likeness (QED) is 0.912. The molecule has 0 amide bonds. The van der Waals surface area contributed by atoms with Gasteiger partial charge in [0.1, 0.15) is 18.2 Å². The highest BCUT2D eigenvalue weighted by Gasteiger charge is 2.11. The molecule has 1 N–H and O–H groups in total.